The number of halogens is 3. The second-order valence-corrected chi connectivity index (χ2v) is 4.70. The summed E-state index contributed by atoms with van der Waals surface area (Å²) in [5.41, 5.74) is 0.155. The molecule has 18 heavy (non-hydrogen) atoms. The largest absolute Gasteiger partial charge is 0.287 e. The molecule has 2 aromatic rings. The molecule has 0 spiro atoms. The van der Waals surface area contributed by atoms with Crippen LogP contribution in [-0.4, -0.2) is 15.6 Å². The fraction of sp³-hybridized carbons (Fsp3) is 0.167. The number of aromatic nitrogens is 2. The first-order chi connectivity index (χ1) is 8.41. The molecule has 1 heterocycles. The number of hydrogen-bond donors (Lipinski definition) is 0. The Kier molecular flexibility index (Phi) is 3.30. The first-order valence-corrected chi connectivity index (χ1v) is 5.90. The molecule has 0 saturated carbocycles. The van der Waals surface area contributed by atoms with E-state index in [2.05, 4.69) is 21.0 Å². The molecule has 0 aliphatic heterocycles. The zero-order chi connectivity index (χ0) is 13.4. The molecule has 6 heteroatoms. The summed E-state index contributed by atoms with van der Waals surface area (Å²) in [4.78, 5) is 12.0. The summed E-state index contributed by atoms with van der Waals surface area (Å²) in [6.45, 7) is 1.75. The van der Waals surface area contributed by atoms with E-state index in [-0.39, 0.29) is 10.2 Å². The van der Waals surface area contributed by atoms with Crippen molar-refractivity contribution < 1.29 is 13.6 Å². The zero-order valence-electron chi connectivity index (χ0n) is 9.67. The molecule has 1 aromatic carbocycles. The number of hydrogen-bond acceptors (Lipinski definition) is 2. The molecule has 0 amide bonds. The lowest BCUT2D eigenvalue weighted by Gasteiger charge is -2.03. The lowest BCUT2D eigenvalue weighted by Crippen LogP contribution is -2.09. The number of nitrogens with zero attached hydrogens (tertiary/aromatic N) is 2. The number of carbonyl (C=O) groups excluding carboxylic acids is 1. The van der Waals surface area contributed by atoms with Crippen LogP contribution in [0.2, 0.25) is 0 Å². The number of rotatable bonds is 2. The summed E-state index contributed by atoms with van der Waals surface area (Å²) < 4.78 is 28.8. The van der Waals surface area contributed by atoms with Gasteiger partial charge in [0.25, 0.3) is 0 Å². The summed E-state index contributed by atoms with van der Waals surface area (Å²) in [7, 11) is 1.65. The molecule has 0 fully saturated rings. The molecule has 1 aromatic heterocycles. The van der Waals surface area contributed by atoms with E-state index in [1.807, 2.05) is 0 Å². The van der Waals surface area contributed by atoms with Crippen molar-refractivity contribution in [3.8, 4) is 0 Å². The van der Waals surface area contributed by atoms with E-state index in [0.29, 0.717) is 0 Å². The van der Waals surface area contributed by atoms with Gasteiger partial charge in [-0.1, -0.05) is 0 Å². The second-order valence-electron chi connectivity index (χ2n) is 3.84. The van der Waals surface area contributed by atoms with Crippen LogP contribution in [-0.2, 0) is 7.05 Å². The molecule has 94 valence electrons. The minimum absolute atomic E-state index is 0.0194. The van der Waals surface area contributed by atoms with Crippen molar-refractivity contribution in [3.05, 3.63) is 51.3 Å². The smallest absolute Gasteiger partial charge is 0.219 e. The van der Waals surface area contributed by atoms with Gasteiger partial charge in [-0.15, -0.1) is 0 Å². The van der Waals surface area contributed by atoms with Crippen LogP contribution in [0.3, 0.4) is 0 Å². The van der Waals surface area contributed by atoms with Gasteiger partial charge >= 0.3 is 0 Å². The molecule has 3 nitrogen and oxygen atoms in total. The summed E-state index contributed by atoms with van der Waals surface area (Å²) >= 11 is 2.92. The fourth-order valence-electron chi connectivity index (χ4n) is 1.53. The molecular formula is C12H9BrF2N2O. The van der Waals surface area contributed by atoms with Gasteiger partial charge in [-0.2, -0.15) is 5.10 Å². The Morgan fingerprint density at radius 2 is 2.06 bits per heavy atom. The number of ketones is 1. The molecule has 0 aliphatic carbocycles. The predicted molar refractivity (Wildman–Crippen MR) is 65.4 cm³/mol. The van der Waals surface area contributed by atoms with E-state index in [1.165, 1.54) is 16.8 Å². The van der Waals surface area contributed by atoms with E-state index < -0.39 is 23.0 Å². The van der Waals surface area contributed by atoms with Crippen LogP contribution in [0.5, 0.6) is 0 Å². The monoisotopic (exact) mass is 314 g/mol. The molecule has 2 rings (SSSR count). The Bertz CT molecular complexity index is 618. The van der Waals surface area contributed by atoms with E-state index in [4.69, 9.17) is 0 Å². The summed E-state index contributed by atoms with van der Waals surface area (Å²) in [5, 5.41) is 3.92. The zero-order valence-corrected chi connectivity index (χ0v) is 11.3. The third-order valence-electron chi connectivity index (χ3n) is 2.62. The van der Waals surface area contributed by atoms with Gasteiger partial charge in [0.15, 0.2) is 5.82 Å². The van der Waals surface area contributed by atoms with Gasteiger partial charge in [-0.25, -0.2) is 8.78 Å². The topological polar surface area (TPSA) is 34.9 Å². The second kappa shape index (κ2) is 4.61. The van der Waals surface area contributed by atoms with Crippen molar-refractivity contribution in [1.29, 1.82) is 0 Å². The molecule has 0 bridgehead atoms. The van der Waals surface area contributed by atoms with Gasteiger partial charge in [0.2, 0.25) is 5.78 Å². The van der Waals surface area contributed by atoms with E-state index in [9.17, 15) is 13.6 Å². The molecule has 0 saturated heterocycles. The van der Waals surface area contributed by atoms with Crippen molar-refractivity contribution in [1.82, 2.24) is 9.78 Å². The Labute approximate surface area is 111 Å². The third-order valence-corrected chi connectivity index (χ3v) is 3.23. The number of benzene rings is 1. The van der Waals surface area contributed by atoms with Crippen molar-refractivity contribution >= 4 is 21.7 Å². The lowest BCUT2D eigenvalue weighted by atomic mass is 10.1. The Hall–Kier alpha value is -1.56. The minimum Gasteiger partial charge on any atom is -0.287 e. The van der Waals surface area contributed by atoms with Crippen LogP contribution in [0.1, 0.15) is 21.7 Å². The van der Waals surface area contributed by atoms with Gasteiger partial charge in [0.05, 0.1) is 10.0 Å². The highest BCUT2D eigenvalue weighted by Crippen LogP contribution is 2.23. The van der Waals surface area contributed by atoms with Gasteiger partial charge in [-0.3, -0.25) is 9.48 Å². The van der Waals surface area contributed by atoms with Crippen LogP contribution in [0.25, 0.3) is 0 Å². The molecule has 0 radical (unpaired) electrons. The third kappa shape index (κ3) is 2.08. The minimum atomic E-state index is -0.914. The van der Waals surface area contributed by atoms with Crippen molar-refractivity contribution in [2.45, 2.75) is 6.92 Å². The first-order valence-electron chi connectivity index (χ1n) is 5.10. The van der Waals surface area contributed by atoms with E-state index in [0.717, 1.165) is 11.8 Å². The van der Waals surface area contributed by atoms with Gasteiger partial charge < -0.3 is 0 Å². The Morgan fingerprint density at radius 1 is 1.39 bits per heavy atom. The van der Waals surface area contributed by atoms with Gasteiger partial charge in [0, 0.05) is 12.7 Å². The van der Waals surface area contributed by atoms with Crippen LogP contribution in [0, 0.1) is 18.6 Å². The van der Waals surface area contributed by atoms with Gasteiger partial charge in [0.1, 0.15) is 11.5 Å². The van der Waals surface area contributed by atoms with Crippen molar-refractivity contribution in [2.75, 3.05) is 0 Å². The molecular weight excluding hydrogens is 306 g/mol. The molecule has 0 aliphatic rings. The number of carbonyl (C=O) groups is 1. The van der Waals surface area contributed by atoms with Crippen molar-refractivity contribution in [2.24, 2.45) is 7.05 Å². The normalized spacial score (nSPS) is 10.7. The first kappa shape index (κ1) is 12.9. The maximum atomic E-state index is 13.8. The Balaban J connectivity index is 2.56. The lowest BCUT2D eigenvalue weighted by molar-refractivity contribution is 0.102. The van der Waals surface area contributed by atoms with Crippen LogP contribution >= 0.6 is 15.9 Å². The van der Waals surface area contributed by atoms with Gasteiger partial charge in [-0.05, 0) is 41.1 Å². The quantitative estimate of drug-likeness (QED) is 0.631. The maximum Gasteiger partial charge on any atom is 0.219 e. The molecule has 0 N–H and O–H groups in total. The maximum absolute atomic E-state index is 13.8. The molecule has 0 unspecified atom stereocenters. The van der Waals surface area contributed by atoms with Crippen LogP contribution in [0.4, 0.5) is 8.78 Å². The molecule has 0 atom stereocenters. The highest BCUT2D eigenvalue weighted by molar-refractivity contribution is 9.10. The van der Waals surface area contributed by atoms with Crippen LogP contribution < -0.4 is 0 Å². The summed E-state index contributed by atoms with van der Waals surface area (Å²) in [5.74, 6) is -2.58. The number of aryl methyl sites for hydroxylation is 2. The van der Waals surface area contributed by atoms with E-state index >= 15 is 0 Å². The highest BCUT2D eigenvalue weighted by Gasteiger charge is 2.23. The Morgan fingerprint density at radius 3 is 2.61 bits per heavy atom. The van der Waals surface area contributed by atoms with E-state index in [1.54, 1.807) is 14.0 Å². The predicted octanol–water partition coefficient (Wildman–Crippen LogP) is 3.00. The fourth-order valence-corrected chi connectivity index (χ4v) is 1.87. The summed E-state index contributed by atoms with van der Waals surface area (Å²) in [6.07, 6.45) is 0. The average Bonchev–Trinajstić information content (AvgIpc) is 2.65. The average molecular weight is 315 g/mol. The standard InChI is InChI=1S/C12H9BrF2N2O/c1-6-5-9(16-17(6)2)12(18)10-8(14)4-3-7(13)11(10)15/h3-5H,1-2H3. The van der Waals surface area contributed by atoms with Crippen molar-refractivity contribution in [3.63, 3.8) is 0 Å². The van der Waals surface area contributed by atoms with Crippen LogP contribution in [0.15, 0.2) is 22.7 Å². The highest BCUT2D eigenvalue weighted by atomic mass is 79.9. The SMILES string of the molecule is Cc1cc(C(=O)c2c(F)ccc(Br)c2F)nn1C. The summed E-state index contributed by atoms with van der Waals surface area (Å²) in [6, 6.07) is 3.74.